The molecule has 0 saturated carbocycles. The quantitative estimate of drug-likeness (QED) is 0.436. The average molecular weight is 337 g/mol. The molecule has 5 heteroatoms. The van der Waals surface area contributed by atoms with Crippen LogP contribution in [0.3, 0.4) is 0 Å². The first kappa shape index (κ1) is 16.9. The summed E-state index contributed by atoms with van der Waals surface area (Å²) >= 11 is 8.57. The van der Waals surface area contributed by atoms with Crippen LogP contribution in [0.1, 0.15) is 0 Å². The zero-order chi connectivity index (χ0) is 14.9. The number of nitrogens with zero attached hydrogens (tertiary/aromatic N) is 1. The minimum absolute atomic E-state index is 0.677. The van der Waals surface area contributed by atoms with Crippen molar-refractivity contribution in [1.82, 2.24) is 4.90 Å². The van der Waals surface area contributed by atoms with Crippen LogP contribution in [0.4, 0.5) is 0 Å². The second-order valence-electron chi connectivity index (χ2n) is 4.48. The Morgan fingerprint density at radius 2 is 1.29 bits per heavy atom. The molecule has 0 amide bonds. The van der Waals surface area contributed by atoms with E-state index in [2.05, 4.69) is 78.7 Å². The van der Waals surface area contributed by atoms with E-state index in [4.69, 9.17) is 4.52 Å². The standard InChI is InChI=1S/C16H20NOPS2/c20-13-17(14-21)11-12-18-19(15-7-3-1-4-8-15)16-9-5-2-6-10-16/h1-10,20-21H,11-14H2. The van der Waals surface area contributed by atoms with Crippen LogP contribution in [0.25, 0.3) is 0 Å². The van der Waals surface area contributed by atoms with E-state index in [1.807, 2.05) is 12.1 Å². The normalized spacial score (nSPS) is 11.2. The first-order valence-corrected chi connectivity index (χ1v) is 9.35. The molecule has 0 atom stereocenters. The van der Waals surface area contributed by atoms with Crippen LogP contribution in [-0.2, 0) is 4.52 Å². The van der Waals surface area contributed by atoms with Gasteiger partial charge in [0.1, 0.15) is 0 Å². The van der Waals surface area contributed by atoms with Crippen LogP contribution in [0.15, 0.2) is 60.7 Å². The summed E-state index contributed by atoms with van der Waals surface area (Å²) in [6.07, 6.45) is 0. The van der Waals surface area contributed by atoms with Crippen molar-refractivity contribution in [3.05, 3.63) is 60.7 Å². The predicted octanol–water partition coefficient (Wildman–Crippen LogP) is 3.13. The molecule has 0 bridgehead atoms. The molecule has 0 saturated heterocycles. The summed E-state index contributed by atoms with van der Waals surface area (Å²) in [5.74, 6) is 1.39. The SMILES string of the molecule is SCN(CS)CCOP(c1ccccc1)c1ccccc1. The molecule has 0 aromatic heterocycles. The summed E-state index contributed by atoms with van der Waals surface area (Å²) in [5, 5.41) is 2.48. The van der Waals surface area contributed by atoms with Crippen molar-refractivity contribution < 1.29 is 4.52 Å². The van der Waals surface area contributed by atoms with Gasteiger partial charge in [0.15, 0.2) is 0 Å². The van der Waals surface area contributed by atoms with Gasteiger partial charge in [-0.2, -0.15) is 25.3 Å². The number of thiol groups is 2. The van der Waals surface area contributed by atoms with Gasteiger partial charge in [-0.25, -0.2) is 0 Å². The Morgan fingerprint density at radius 1 is 0.810 bits per heavy atom. The fraction of sp³-hybridized carbons (Fsp3) is 0.250. The second kappa shape index (κ2) is 9.50. The van der Waals surface area contributed by atoms with E-state index < -0.39 is 8.15 Å². The molecule has 2 nitrogen and oxygen atoms in total. The van der Waals surface area contributed by atoms with Gasteiger partial charge in [0.2, 0.25) is 0 Å². The molecule has 21 heavy (non-hydrogen) atoms. The molecule has 0 fully saturated rings. The maximum atomic E-state index is 6.20. The van der Waals surface area contributed by atoms with Gasteiger partial charge >= 0.3 is 0 Å². The smallest absolute Gasteiger partial charge is 0.0918 e. The van der Waals surface area contributed by atoms with E-state index in [0.717, 1.165) is 6.54 Å². The number of rotatable bonds is 8. The molecule has 2 aromatic rings. The van der Waals surface area contributed by atoms with Gasteiger partial charge < -0.3 is 4.52 Å². The zero-order valence-corrected chi connectivity index (χ0v) is 14.5. The Labute approximate surface area is 139 Å². The van der Waals surface area contributed by atoms with Crippen molar-refractivity contribution in [2.24, 2.45) is 0 Å². The predicted molar refractivity (Wildman–Crippen MR) is 99.4 cm³/mol. The van der Waals surface area contributed by atoms with Crippen LogP contribution < -0.4 is 10.6 Å². The summed E-state index contributed by atoms with van der Waals surface area (Å²) in [6.45, 7) is 1.52. The Bertz CT molecular complexity index is 469. The third kappa shape index (κ3) is 5.32. The van der Waals surface area contributed by atoms with E-state index >= 15 is 0 Å². The van der Waals surface area contributed by atoms with E-state index in [0.29, 0.717) is 18.4 Å². The van der Waals surface area contributed by atoms with Gasteiger partial charge in [-0.1, -0.05) is 60.7 Å². The fourth-order valence-electron chi connectivity index (χ4n) is 1.87. The topological polar surface area (TPSA) is 12.5 Å². The van der Waals surface area contributed by atoms with Crippen LogP contribution in [-0.4, -0.2) is 29.8 Å². The molecule has 0 heterocycles. The van der Waals surface area contributed by atoms with E-state index in [9.17, 15) is 0 Å². The Hall–Kier alpha value is -0.510. The van der Waals surface area contributed by atoms with Crippen molar-refractivity contribution in [2.75, 3.05) is 24.9 Å². The molecular weight excluding hydrogens is 317 g/mol. The minimum Gasteiger partial charge on any atom is -0.348 e. The molecule has 0 aliphatic carbocycles. The van der Waals surface area contributed by atoms with Gasteiger partial charge in [0.25, 0.3) is 0 Å². The lowest BCUT2D eigenvalue weighted by Gasteiger charge is -2.21. The van der Waals surface area contributed by atoms with Crippen LogP contribution in [0, 0.1) is 0 Å². The van der Waals surface area contributed by atoms with Crippen molar-refractivity contribution in [2.45, 2.75) is 0 Å². The molecule has 0 N–H and O–H groups in total. The third-order valence-corrected chi connectivity index (χ3v) is 5.78. The van der Waals surface area contributed by atoms with Crippen LogP contribution >= 0.6 is 33.4 Å². The first-order valence-electron chi connectivity index (χ1n) is 6.82. The van der Waals surface area contributed by atoms with Crippen LogP contribution in [0.2, 0.25) is 0 Å². The Kier molecular flexibility index (Phi) is 7.62. The molecular formula is C16H20NOPS2. The molecule has 2 aromatic carbocycles. The van der Waals surface area contributed by atoms with E-state index in [1.54, 1.807) is 0 Å². The highest BCUT2D eigenvalue weighted by molar-refractivity contribution is 7.81. The average Bonchev–Trinajstić information content (AvgIpc) is 2.57. The van der Waals surface area contributed by atoms with Crippen molar-refractivity contribution in [3.63, 3.8) is 0 Å². The highest BCUT2D eigenvalue weighted by atomic mass is 32.1. The molecule has 0 unspecified atom stereocenters. The van der Waals surface area contributed by atoms with Crippen molar-refractivity contribution >= 4 is 44.0 Å². The summed E-state index contributed by atoms with van der Waals surface area (Å²) < 4.78 is 6.20. The summed E-state index contributed by atoms with van der Waals surface area (Å²) in [5.41, 5.74) is 0. The highest BCUT2D eigenvalue weighted by Crippen LogP contribution is 2.34. The van der Waals surface area contributed by atoms with Crippen LogP contribution in [0.5, 0.6) is 0 Å². The van der Waals surface area contributed by atoms with Gasteiger partial charge in [0.05, 0.1) is 14.8 Å². The molecule has 2 rings (SSSR count). The van der Waals surface area contributed by atoms with Crippen molar-refractivity contribution in [3.8, 4) is 0 Å². The Balaban J connectivity index is 2.07. The molecule has 112 valence electrons. The molecule has 0 radical (unpaired) electrons. The number of hydrogen-bond donors (Lipinski definition) is 2. The molecule has 0 spiro atoms. The lowest BCUT2D eigenvalue weighted by atomic mass is 10.4. The van der Waals surface area contributed by atoms with Gasteiger partial charge in [-0.05, 0) is 0 Å². The van der Waals surface area contributed by atoms with Gasteiger partial charge in [0, 0.05) is 28.9 Å². The summed E-state index contributed by atoms with van der Waals surface area (Å²) in [6, 6.07) is 20.8. The second-order valence-corrected chi connectivity index (χ2v) is 6.92. The minimum atomic E-state index is -0.768. The van der Waals surface area contributed by atoms with E-state index in [1.165, 1.54) is 10.6 Å². The van der Waals surface area contributed by atoms with Gasteiger partial charge in [-0.3, -0.25) is 4.90 Å². The Morgan fingerprint density at radius 3 is 1.71 bits per heavy atom. The first-order chi connectivity index (χ1) is 10.3. The lowest BCUT2D eigenvalue weighted by molar-refractivity contribution is 0.274. The largest absolute Gasteiger partial charge is 0.348 e. The highest BCUT2D eigenvalue weighted by Gasteiger charge is 2.14. The lowest BCUT2D eigenvalue weighted by Crippen LogP contribution is -2.26. The van der Waals surface area contributed by atoms with Gasteiger partial charge in [-0.15, -0.1) is 0 Å². The maximum absolute atomic E-state index is 6.20. The monoisotopic (exact) mass is 337 g/mol. The zero-order valence-electron chi connectivity index (χ0n) is 11.8. The maximum Gasteiger partial charge on any atom is 0.0918 e. The molecule has 0 aliphatic rings. The number of hydrogen-bond acceptors (Lipinski definition) is 4. The van der Waals surface area contributed by atoms with E-state index in [-0.39, 0.29) is 0 Å². The third-order valence-electron chi connectivity index (χ3n) is 3.01. The fourth-order valence-corrected chi connectivity index (χ4v) is 4.26. The summed E-state index contributed by atoms with van der Waals surface area (Å²) in [4.78, 5) is 2.12. The summed E-state index contributed by atoms with van der Waals surface area (Å²) in [7, 11) is -0.768. The van der Waals surface area contributed by atoms with Crippen molar-refractivity contribution in [1.29, 1.82) is 0 Å². The number of benzene rings is 2. The molecule has 0 aliphatic heterocycles.